The average molecular weight is 687 g/mol. The van der Waals surface area contributed by atoms with E-state index >= 15 is 0 Å². The molecule has 1 unspecified atom stereocenters. The fourth-order valence-electron chi connectivity index (χ4n) is 6.24. The normalized spacial score (nSPS) is 23.0. The third-order valence-electron chi connectivity index (χ3n) is 9.29. The van der Waals surface area contributed by atoms with Crippen molar-refractivity contribution < 1.29 is 37.1 Å². The monoisotopic (exact) mass is 686 g/mol. The zero-order valence-electron chi connectivity index (χ0n) is 27.1. The van der Waals surface area contributed by atoms with E-state index in [1.807, 2.05) is 42.5 Å². The highest BCUT2D eigenvalue weighted by Crippen LogP contribution is 2.45. The summed E-state index contributed by atoms with van der Waals surface area (Å²) < 4.78 is 39.3. The second kappa shape index (κ2) is 13.5. The molecule has 2 aliphatic carbocycles. The number of pyridine rings is 1. The summed E-state index contributed by atoms with van der Waals surface area (Å²) in [6.07, 6.45) is 2.92. The Balaban J connectivity index is 1.28. The van der Waals surface area contributed by atoms with E-state index in [4.69, 9.17) is 14.5 Å². The summed E-state index contributed by atoms with van der Waals surface area (Å²) in [5.74, 6) is -1.61. The van der Waals surface area contributed by atoms with Crippen molar-refractivity contribution in [3.8, 4) is 22.8 Å². The molecule has 3 fully saturated rings. The van der Waals surface area contributed by atoms with Crippen molar-refractivity contribution in [2.45, 2.75) is 61.5 Å². The quantitative estimate of drug-likeness (QED) is 0.191. The molecule has 3 amide bonds. The summed E-state index contributed by atoms with van der Waals surface area (Å²) >= 11 is 0. The molecular weight excluding hydrogens is 648 g/mol. The molecule has 3 aliphatic rings. The second-order valence-corrected chi connectivity index (χ2v) is 14.6. The Hall–Kier alpha value is -5.04. The van der Waals surface area contributed by atoms with E-state index in [0.717, 1.165) is 11.6 Å². The number of benzene rings is 2. The van der Waals surface area contributed by atoms with Crippen molar-refractivity contribution in [2.24, 2.45) is 5.92 Å². The molecular formula is C36H38N4O8S. The number of carbonyl (C=O) groups excluding carboxylic acids is 4. The number of allylic oxidation sites excluding steroid dienone is 1. The minimum absolute atomic E-state index is 0.0278. The van der Waals surface area contributed by atoms with Gasteiger partial charge in [-0.25, -0.2) is 13.4 Å². The number of ketones is 1. The predicted octanol–water partition coefficient (Wildman–Crippen LogP) is 3.46. The Labute approximate surface area is 284 Å². The van der Waals surface area contributed by atoms with Crippen LogP contribution in [0.25, 0.3) is 22.2 Å². The highest BCUT2D eigenvalue weighted by Gasteiger charge is 2.61. The van der Waals surface area contributed by atoms with E-state index in [1.165, 1.54) is 11.0 Å². The van der Waals surface area contributed by atoms with Crippen LogP contribution in [-0.2, 0) is 29.2 Å². The second-order valence-electron chi connectivity index (χ2n) is 12.6. The molecule has 2 heterocycles. The maximum Gasteiger partial charge on any atom is 0.259 e. The van der Waals surface area contributed by atoms with Crippen molar-refractivity contribution in [1.29, 1.82) is 0 Å². The van der Waals surface area contributed by atoms with E-state index in [9.17, 15) is 27.6 Å². The molecule has 6 rings (SSSR count). The summed E-state index contributed by atoms with van der Waals surface area (Å²) in [6.45, 7) is 7.24. The molecule has 12 nitrogen and oxygen atoms in total. The molecule has 0 radical (unpaired) electrons. The standard InChI is InChI=1S/C36H38N4O8S/c1-4-23-20-36(23,35(44)39-49(45,46)27-13-14-27)38-34(43)31-18-26(21-40(31)33(42)16-11-24(41)5-2)48-32-19-29(22-9-7-6-8-10-22)37-30-17-25(47-3)12-15-28(30)32/h4-10,12,15,17,19,23,26-27,31H,1-2,11,13-14,16,18,20-21H2,3H3,(H,38,43)(H,39,44)/t23-,26?,31+,36-/m1/s1. The van der Waals surface area contributed by atoms with Crippen LogP contribution in [0.3, 0.4) is 0 Å². The summed E-state index contributed by atoms with van der Waals surface area (Å²) in [7, 11) is -2.30. The van der Waals surface area contributed by atoms with Gasteiger partial charge in [-0.05, 0) is 37.5 Å². The van der Waals surface area contributed by atoms with Gasteiger partial charge in [0.05, 0.1) is 30.1 Å². The van der Waals surface area contributed by atoms with Gasteiger partial charge in [-0.1, -0.05) is 43.0 Å². The summed E-state index contributed by atoms with van der Waals surface area (Å²) in [5.41, 5.74) is 0.617. The lowest BCUT2D eigenvalue weighted by Gasteiger charge is -2.26. The van der Waals surface area contributed by atoms with Crippen LogP contribution in [0.1, 0.15) is 38.5 Å². The zero-order chi connectivity index (χ0) is 34.9. The number of fused-ring (bicyclic) bond motifs is 1. The van der Waals surface area contributed by atoms with Crippen LogP contribution in [0.15, 0.2) is 79.9 Å². The van der Waals surface area contributed by atoms with Crippen LogP contribution in [-0.4, -0.2) is 78.4 Å². The van der Waals surface area contributed by atoms with Crippen molar-refractivity contribution in [1.82, 2.24) is 19.9 Å². The number of methoxy groups -OCH3 is 1. The number of likely N-dealkylation sites (tertiary alicyclic amines) is 1. The lowest BCUT2D eigenvalue weighted by atomic mass is 10.1. The lowest BCUT2D eigenvalue weighted by Crippen LogP contribution is -2.56. The molecule has 49 heavy (non-hydrogen) atoms. The topological polar surface area (TPSA) is 161 Å². The summed E-state index contributed by atoms with van der Waals surface area (Å²) in [4.78, 5) is 59.0. The number of aromatic nitrogens is 1. The molecule has 0 bridgehead atoms. The maximum atomic E-state index is 14.0. The van der Waals surface area contributed by atoms with Gasteiger partial charge in [-0.15, -0.1) is 6.58 Å². The van der Waals surface area contributed by atoms with Crippen LogP contribution in [0.5, 0.6) is 11.5 Å². The largest absolute Gasteiger partial charge is 0.497 e. The van der Waals surface area contributed by atoms with Crippen LogP contribution in [0.2, 0.25) is 0 Å². The Bertz CT molecular complexity index is 1940. The molecule has 1 aliphatic heterocycles. The van der Waals surface area contributed by atoms with Gasteiger partial charge < -0.3 is 19.7 Å². The minimum atomic E-state index is -3.87. The SMILES string of the molecule is C=CC(=O)CCC(=O)N1CC(Oc2cc(-c3ccccc3)nc3cc(OC)ccc23)C[C@H]1C(=O)N[C@]1(C(=O)NS(=O)(=O)C2CC2)C[C@H]1C=C. The average Bonchev–Trinajstić information content (AvgIpc) is 4.03. The van der Waals surface area contributed by atoms with E-state index in [-0.39, 0.29) is 38.0 Å². The van der Waals surface area contributed by atoms with Gasteiger partial charge in [-0.3, -0.25) is 23.9 Å². The fourth-order valence-corrected chi connectivity index (χ4v) is 7.60. The summed E-state index contributed by atoms with van der Waals surface area (Å²) in [6, 6.07) is 15.7. The number of ether oxygens (including phenoxy) is 2. The van der Waals surface area contributed by atoms with Crippen LogP contribution in [0.4, 0.5) is 0 Å². The molecule has 1 aromatic heterocycles. The molecule has 0 spiro atoms. The van der Waals surface area contributed by atoms with Crippen molar-refractivity contribution in [3.63, 3.8) is 0 Å². The number of hydrogen-bond donors (Lipinski definition) is 2. The first-order chi connectivity index (χ1) is 23.5. The Morgan fingerprint density at radius 3 is 2.47 bits per heavy atom. The summed E-state index contributed by atoms with van der Waals surface area (Å²) in [5, 5.41) is 2.84. The highest BCUT2D eigenvalue weighted by atomic mass is 32.2. The Morgan fingerprint density at radius 2 is 1.82 bits per heavy atom. The number of nitrogens with one attached hydrogen (secondary N) is 2. The van der Waals surface area contributed by atoms with Gasteiger partial charge >= 0.3 is 0 Å². The molecule has 3 aromatic rings. The van der Waals surface area contributed by atoms with E-state index in [1.54, 1.807) is 19.2 Å². The van der Waals surface area contributed by atoms with Crippen LogP contribution in [0, 0.1) is 5.92 Å². The molecule has 1 saturated heterocycles. The first-order valence-electron chi connectivity index (χ1n) is 16.1. The van der Waals surface area contributed by atoms with E-state index in [2.05, 4.69) is 23.2 Å². The van der Waals surface area contributed by atoms with Crippen molar-refractivity contribution >= 4 is 44.4 Å². The smallest absolute Gasteiger partial charge is 0.259 e. The number of sulfonamides is 1. The lowest BCUT2D eigenvalue weighted by molar-refractivity contribution is -0.140. The number of hydrogen-bond acceptors (Lipinski definition) is 9. The van der Waals surface area contributed by atoms with Crippen LogP contribution < -0.4 is 19.5 Å². The van der Waals surface area contributed by atoms with Gasteiger partial charge in [0.25, 0.3) is 5.91 Å². The van der Waals surface area contributed by atoms with Gasteiger partial charge in [0.2, 0.25) is 21.8 Å². The Morgan fingerprint density at radius 1 is 1.06 bits per heavy atom. The van der Waals surface area contributed by atoms with E-state index < -0.39 is 56.6 Å². The molecule has 4 atom stereocenters. The van der Waals surface area contributed by atoms with Crippen LogP contribution >= 0.6 is 0 Å². The molecule has 13 heteroatoms. The minimum Gasteiger partial charge on any atom is -0.497 e. The number of rotatable bonds is 14. The highest BCUT2D eigenvalue weighted by molar-refractivity contribution is 7.91. The number of amides is 3. The maximum absolute atomic E-state index is 14.0. The molecule has 2 saturated carbocycles. The van der Waals surface area contributed by atoms with Gasteiger partial charge in [0.1, 0.15) is 29.2 Å². The van der Waals surface area contributed by atoms with Crippen molar-refractivity contribution in [3.05, 3.63) is 79.9 Å². The van der Waals surface area contributed by atoms with Gasteiger partial charge in [0, 0.05) is 48.3 Å². The fraction of sp³-hybridized carbons (Fsp3) is 0.361. The molecule has 2 N–H and O–H groups in total. The number of nitrogens with zero attached hydrogens (tertiary/aromatic N) is 2. The third-order valence-corrected chi connectivity index (χ3v) is 11.1. The zero-order valence-corrected chi connectivity index (χ0v) is 27.9. The third kappa shape index (κ3) is 7.07. The van der Waals surface area contributed by atoms with E-state index in [0.29, 0.717) is 40.9 Å². The predicted molar refractivity (Wildman–Crippen MR) is 182 cm³/mol. The van der Waals surface area contributed by atoms with Gasteiger partial charge in [-0.2, -0.15) is 0 Å². The molecule has 2 aromatic carbocycles. The number of carbonyl (C=O) groups is 4. The Kier molecular flexibility index (Phi) is 9.30. The first-order valence-corrected chi connectivity index (χ1v) is 17.7. The molecule has 256 valence electrons. The first kappa shape index (κ1) is 33.8. The van der Waals surface area contributed by atoms with Crippen molar-refractivity contribution in [2.75, 3.05) is 13.7 Å². The van der Waals surface area contributed by atoms with Gasteiger partial charge in [0.15, 0.2) is 5.78 Å².